The van der Waals surface area contributed by atoms with Gasteiger partial charge in [0.25, 0.3) is 0 Å². The predicted octanol–water partition coefficient (Wildman–Crippen LogP) is 7.92. The van der Waals surface area contributed by atoms with Crippen LogP contribution in [-0.2, 0) is 19.1 Å². The largest absolute Gasteiger partial charge is 0.508 e. The third kappa shape index (κ3) is 6.43. The van der Waals surface area contributed by atoms with Gasteiger partial charge in [-0.2, -0.15) is 0 Å². The summed E-state index contributed by atoms with van der Waals surface area (Å²) in [6, 6.07) is 22.3. The van der Waals surface area contributed by atoms with E-state index in [4.69, 9.17) is 21.1 Å². The lowest BCUT2D eigenvalue weighted by molar-refractivity contribution is -0.122. The molecule has 3 aromatic rings. The number of hydrogen-bond donors (Lipinski definition) is 2. The third-order valence-electron chi connectivity index (χ3n) is 9.16. The fourth-order valence-electron chi connectivity index (χ4n) is 7.18. The minimum absolute atomic E-state index is 0.142. The highest BCUT2D eigenvalue weighted by Gasteiger charge is 2.57. The number of phenols is 1. The van der Waals surface area contributed by atoms with Crippen molar-refractivity contribution >= 4 is 46.6 Å². The molecular formula is C37H39ClN2O5. The fraction of sp³-hybridized carbons (Fsp3) is 0.351. The van der Waals surface area contributed by atoms with Crippen LogP contribution >= 0.6 is 11.6 Å². The third-order valence-corrected chi connectivity index (χ3v) is 9.48. The zero-order valence-electron chi connectivity index (χ0n) is 25.7. The van der Waals surface area contributed by atoms with Gasteiger partial charge in [0.1, 0.15) is 5.75 Å². The fourth-order valence-corrected chi connectivity index (χ4v) is 7.41. The molecule has 0 spiro atoms. The highest BCUT2D eigenvalue weighted by Crippen LogP contribution is 2.50. The second-order valence-corrected chi connectivity index (χ2v) is 12.5. The highest BCUT2D eigenvalue weighted by atomic mass is 35.5. The Kier molecular flexibility index (Phi) is 9.40. The molecule has 0 saturated carbocycles. The number of phenolic OH excluding ortho intramolecular Hbond substituents is 1. The number of nitrogens with one attached hydrogen (secondary N) is 1. The number of anilines is 3. The van der Waals surface area contributed by atoms with Gasteiger partial charge < -0.3 is 19.9 Å². The number of amides is 2. The zero-order valence-corrected chi connectivity index (χ0v) is 26.4. The summed E-state index contributed by atoms with van der Waals surface area (Å²) < 4.78 is 12.0. The molecule has 45 heavy (non-hydrogen) atoms. The molecular weight excluding hydrogens is 588 g/mol. The topological polar surface area (TPSA) is 88.1 Å². The number of fused-ring (bicyclic) bond motifs is 3. The summed E-state index contributed by atoms with van der Waals surface area (Å²) in [5.41, 5.74) is 6.78. The Bertz CT molecular complexity index is 1620. The average Bonchev–Trinajstić information content (AvgIpc) is 3.56. The van der Waals surface area contributed by atoms with Crippen LogP contribution in [-0.4, -0.2) is 43.3 Å². The Morgan fingerprint density at radius 1 is 1.02 bits per heavy atom. The average molecular weight is 627 g/mol. The molecule has 0 aromatic heterocycles. The monoisotopic (exact) mass is 626 g/mol. The Hall–Kier alpha value is -3.91. The summed E-state index contributed by atoms with van der Waals surface area (Å²) >= 11 is 6.40. The van der Waals surface area contributed by atoms with Crippen molar-refractivity contribution < 1.29 is 24.2 Å². The normalized spacial score (nSPS) is 23.0. The number of imide groups is 1. The minimum atomic E-state index is -0.443. The molecule has 2 N–H and O–H groups in total. The number of methoxy groups -OCH3 is 1. The van der Waals surface area contributed by atoms with Crippen LogP contribution in [0.15, 0.2) is 89.5 Å². The first kappa shape index (κ1) is 31.1. The van der Waals surface area contributed by atoms with E-state index in [1.54, 1.807) is 19.2 Å². The SMILES string of the molecule is CCC/C(=C\c1ccc(O)cc1Cl)CC[C@H]1OC[C@H]2C1=C(COC)C[C@H]1C(=O)N(c3ccc(Nc4ccccc4)cc3)C(=O)[C@H]12. The van der Waals surface area contributed by atoms with Gasteiger partial charge in [0.2, 0.25) is 11.8 Å². The first-order valence-corrected chi connectivity index (χ1v) is 16.1. The van der Waals surface area contributed by atoms with E-state index >= 15 is 0 Å². The number of carbonyl (C=O) groups is 2. The lowest BCUT2D eigenvalue weighted by Crippen LogP contribution is -2.35. The molecule has 2 heterocycles. The molecule has 2 saturated heterocycles. The molecule has 0 bridgehead atoms. The highest BCUT2D eigenvalue weighted by molar-refractivity contribution is 6.32. The van der Waals surface area contributed by atoms with Gasteiger partial charge in [-0.05, 0) is 97.0 Å². The molecule has 0 radical (unpaired) electrons. The van der Waals surface area contributed by atoms with E-state index in [0.717, 1.165) is 53.8 Å². The maximum absolute atomic E-state index is 14.0. The Labute approximate surface area is 269 Å². The Morgan fingerprint density at radius 3 is 2.49 bits per heavy atom. The predicted molar refractivity (Wildman–Crippen MR) is 178 cm³/mol. The van der Waals surface area contributed by atoms with Crippen molar-refractivity contribution in [2.24, 2.45) is 17.8 Å². The quantitative estimate of drug-likeness (QED) is 0.166. The number of nitrogens with zero attached hydrogens (tertiary/aromatic N) is 1. The number of hydrogen-bond acceptors (Lipinski definition) is 6. The van der Waals surface area contributed by atoms with E-state index in [2.05, 4.69) is 18.3 Å². The molecule has 3 aromatic carbocycles. The summed E-state index contributed by atoms with van der Waals surface area (Å²) in [5.74, 6) is -1.17. The molecule has 7 nitrogen and oxygen atoms in total. The number of benzene rings is 3. The number of allylic oxidation sites excluding steroid dienone is 1. The molecule has 1 aliphatic carbocycles. The van der Waals surface area contributed by atoms with Crippen LogP contribution in [0.3, 0.4) is 0 Å². The zero-order chi connectivity index (χ0) is 31.5. The summed E-state index contributed by atoms with van der Waals surface area (Å²) in [6.07, 6.45) is 5.95. The number of rotatable bonds is 11. The van der Waals surface area contributed by atoms with Gasteiger partial charge >= 0.3 is 0 Å². The second-order valence-electron chi connectivity index (χ2n) is 12.1. The second kappa shape index (κ2) is 13.6. The van der Waals surface area contributed by atoms with Crippen molar-refractivity contribution in [2.45, 2.75) is 45.1 Å². The van der Waals surface area contributed by atoms with Crippen molar-refractivity contribution in [3.8, 4) is 5.75 Å². The lowest BCUT2D eigenvalue weighted by Gasteiger charge is -2.31. The molecule has 2 fully saturated rings. The molecule has 6 rings (SSSR count). The first-order chi connectivity index (χ1) is 21.9. The van der Waals surface area contributed by atoms with Crippen molar-refractivity contribution in [1.82, 2.24) is 0 Å². The van der Waals surface area contributed by atoms with Crippen LogP contribution < -0.4 is 10.2 Å². The standard InChI is InChI=1S/C37H39ClN2O5/c1-3-7-23(18-24-11-16-29(41)20-32(24)38)10-17-33-34-25(21-44-2)19-30-35(31(34)22-45-33)37(43)40(36(30)42)28-14-12-27(13-15-28)39-26-8-5-4-6-9-26/h4-6,8-9,11-16,18,20,30-31,33,35,39,41H,3,7,10,17,19,21-22H2,1-2H3/b23-18+/t30-,31+,33-,35-/m1/s1. The molecule has 234 valence electrons. The van der Waals surface area contributed by atoms with Gasteiger partial charge in [0.05, 0.1) is 41.9 Å². The minimum Gasteiger partial charge on any atom is -0.508 e. The molecule has 2 aliphatic heterocycles. The summed E-state index contributed by atoms with van der Waals surface area (Å²) in [4.78, 5) is 29.2. The molecule has 4 atom stereocenters. The Balaban J connectivity index is 1.20. The summed E-state index contributed by atoms with van der Waals surface area (Å²) in [6.45, 7) is 2.98. The van der Waals surface area contributed by atoms with Crippen molar-refractivity contribution in [3.63, 3.8) is 0 Å². The number of halogens is 1. The maximum atomic E-state index is 14.0. The van der Waals surface area contributed by atoms with Gasteiger partial charge in [0, 0.05) is 24.4 Å². The van der Waals surface area contributed by atoms with E-state index in [0.29, 0.717) is 30.3 Å². The van der Waals surface area contributed by atoms with Crippen molar-refractivity contribution in [2.75, 3.05) is 30.5 Å². The van der Waals surface area contributed by atoms with Crippen molar-refractivity contribution in [3.05, 3.63) is 100 Å². The van der Waals surface area contributed by atoms with E-state index in [-0.39, 0.29) is 29.6 Å². The molecule has 8 heteroatoms. The number of aromatic hydroxyl groups is 1. The lowest BCUT2D eigenvalue weighted by atomic mass is 9.69. The van der Waals surface area contributed by atoms with Crippen LogP contribution in [0.4, 0.5) is 17.1 Å². The van der Waals surface area contributed by atoms with Crippen LogP contribution in [0.2, 0.25) is 5.02 Å². The van der Waals surface area contributed by atoms with Crippen LogP contribution in [0.25, 0.3) is 6.08 Å². The van der Waals surface area contributed by atoms with Crippen LogP contribution in [0, 0.1) is 17.8 Å². The van der Waals surface area contributed by atoms with E-state index in [9.17, 15) is 14.7 Å². The molecule has 2 amide bonds. The van der Waals surface area contributed by atoms with E-state index in [1.807, 2.05) is 60.7 Å². The first-order valence-electron chi connectivity index (χ1n) is 15.7. The van der Waals surface area contributed by atoms with Gasteiger partial charge in [-0.1, -0.05) is 54.8 Å². The summed E-state index contributed by atoms with van der Waals surface area (Å²) in [5, 5.41) is 13.6. The maximum Gasteiger partial charge on any atom is 0.238 e. The van der Waals surface area contributed by atoms with Crippen LogP contribution in [0.5, 0.6) is 5.75 Å². The summed E-state index contributed by atoms with van der Waals surface area (Å²) in [7, 11) is 1.67. The van der Waals surface area contributed by atoms with Crippen molar-refractivity contribution in [1.29, 1.82) is 0 Å². The smallest absolute Gasteiger partial charge is 0.238 e. The van der Waals surface area contributed by atoms with Gasteiger partial charge in [0.15, 0.2) is 0 Å². The van der Waals surface area contributed by atoms with Gasteiger partial charge in [-0.25, -0.2) is 0 Å². The number of ether oxygens (including phenoxy) is 2. The van der Waals surface area contributed by atoms with Gasteiger partial charge in [-0.15, -0.1) is 0 Å². The van der Waals surface area contributed by atoms with Gasteiger partial charge in [-0.3, -0.25) is 14.5 Å². The molecule has 3 aliphatic rings. The Morgan fingerprint density at radius 2 is 1.78 bits per heavy atom. The van der Waals surface area contributed by atoms with E-state index < -0.39 is 11.8 Å². The van der Waals surface area contributed by atoms with Crippen LogP contribution in [0.1, 0.15) is 44.6 Å². The molecule has 0 unspecified atom stereocenters. The number of para-hydroxylation sites is 1. The van der Waals surface area contributed by atoms with E-state index in [1.165, 1.54) is 10.5 Å². The number of carbonyl (C=O) groups excluding carboxylic acids is 2.